The lowest BCUT2D eigenvalue weighted by molar-refractivity contribution is -0.728. The number of nitrogens with zero attached hydrogens (tertiary/aromatic N) is 2. The molecule has 1 aromatic heterocycles. The minimum Gasteiger partial charge on any atom is -0.508 e. The van der Waals surface area contributed by atoms with Crippen LogP contribution in [0.25, 0.3) is 10.2 Å². The predicted molar refractivity (Wildman–Crippen MR) is 93.8 cm³/mol. The van der Waals surface area contributed by atoms with Crippen molar-refractivity contribution in [1.82, 2.24) is 10.3 Å². The van der Waals surface area contributed by atoms with Crippen LogP contribution in [0.1, 0.15) is 20.9 Å². The number of halogens is 3. The fourth-order valence-electron chi connectivity index (χ4n) is 2.53. The number of thiazole rings is 1. The molecule has 1 heterocycles. The maximum Gasteiger partial charge on any atom is 0.416 e. The number of fused-ring (bicyclic) bond motifs is 1. The van der Waals surface area contributed by atoms with Crippen molar-refractivity contribution >= 4 is 33.1 Å². The molecule has 0 aliphatic heterocycles. The summed E-state index contributed by atoms with van der Waals surface area (Å²) in [5.74, 6) is -0.564. The van der Waals surface area contributed by atoms with Crippen LogP contribution in [0.15, 0.2) is 36.4 Å². The minimum absolute atomic E-state index is 0.0450. The monoisotopic (exact) mass is 412 g/mol. The van der Waals surface area contributed by atoms with Crippen molar-refractivity contribution in [2.24, 2.45) is 0 Å². The molecule has 7 nitrogen and oxygen atoms in total. The number of hydrogen-bond acceptors (Lipinski definition) is 5. The standard InChI is InChI=1S/C17H12F3N3O4S/c18-17(19,20)10-7-11-14(12(8-10)23(26)27)28-16(22-11)15(25)21-6-5-9-3-1-2-4-13(9)24/h1-4,7-8H,5-6H2,(H2-,21,24,25,26,27)/p+1. The molecule has 2 aromatic carbocycles. The van der Waals surface area contributed by atoms with E-state index in [1.807, 2.05) is 0 Å². The van der Waals surface area contributed by atoms with E-state index < -0.39 is 28.3 Å². The Hall–Kier alpha value is -3.21. The normalized spacial score (nSPS) is 11.5. The molecule has 3 aromatic rings. The topological polar surface area (TPSA) is 103 Å². The number of para-hydroxylation sites is 1. The van der Waals surface area contributed by atoms with Gasteiger partial charge in [0.05, 0.1) is 16.0 Å². The highest BCUT2D eigenvalue weighted by atomic mass is 32.1. The zero-order chi connectivity index (χ0) is 20.5. The smallest absolute Gasteiger partial charge is 0.416 e. The molecule has 0 atom stereocenters. The maximum atomic E-state index is 13.0. The molecule has 146 valence electrons. The third-order valence-electron chi connectivity index (χ3n) is 3.87. The van der Waals surface area contributed by atoms with Crippen molar-refractivity contribution in [3.63, 3.8) is 0 Å². The lowest BCUT2D eigenvalue weighted by Gasteiger charge is -2.05. The fourth-order valence-corrected chi connectivity index (χ4v) is 3.48. The lowest BCUT2D eigenvalue weighted by atomic mass is 10.1. The van der Waals surface area contributed by atoms with Gasteiger partial charge in [0, 0.05) is 12.6 Å². The Balaban J connectivity index is 1.83. The van der Waals surface area contributed by atoms with E-state index in [0.717, 1.165) is 0 Å². The van der Waals surface area contributed by atoms with Gasteiger partial charge in [-0.1, -0.05) is 18.2 Å². The van der Waals surface area contributed by atoms with Crippen LogP contribution in [0.5, 0.6) is 5.75 Å². The Morgan fingerprint density at radius 2 is 1.96 bits per heavy atom. The summed E-state index contributed by atoms with van der Waals surface area (Å²) in [6.45, 7) is 0.153. The van der Waals surface area contributed by atoms with Crippen molar-refractivity contribution in [1.29, 1.82) is 0 Å². The van der Waals surface area contributed by atoms with E-state index in [1.165, 1.54) is 6.07 Å². The van der Waals surface area contributed by atoms with Crippen molar-refractivity contribution in [3.8, 4) is 5.75 Å². The summed E-state index contributed by atoms with van der Waals surface area (Å²) >= 11 is 0.688. The van der Waals surface area contributed by atoms with Crippen LogP contribution in [0.3, 0.4) is 0 Å². The quantitative estimate of drug-likeness (QED) is 0.554. The lowest BCUT2D eigenvalue weighted by Crippen LogP contribution is -2.25. The van der Waals surface area contributed by atoms with Crippen molar-refractivity contribution in [3.05, 3.63) is 57.4 Å². The second-order valence-corrected chi connectivity index (χ2v) is 6.77. The molecular formula is C17H13F3N3O4S+. The molecule has 3 rings (SSSR count). The molecule has 0 aliphatic rings. The number of aromatic hydroxyl groups is 1. The first kappa shape index (κ1) is 19.5. The zero-order valence-electron chi connectivity index (χ0n) is 14.0. The van der Waals surface area contributed by atoms with Gasteiger partial charge in [-0.25, -0.2) is 10.2 Å². The molecule has 0 bridgehead atoms. The van der Waals surface area contributed by atoms with Crippen LogP contribution in [0, 0.1) is 4.91 Å². The molecule has 0 saturated carbocycles. The molecule has 0 radical (unpaired) electrons. The van der Waals surface area contributed by atoms with Gasteiger partial charge in [0.1, 0.15) is 10.4 Å². The molecular weight excluding hydrogens is 399 g/mol. The highest BCUT2D eigenvalue weighted by Gasteiger charge is 2.35. The van der Waals surface area contributed by atoms with Gasteiger partial charge in [0.15, 0.2) is 5.01 Å². The number of phenols is 1. The van der Waals surface area contributed by atoms with Crippen LogP contribution in [-0.4, -0.2) is 32.7 Å². The molecule has 0 unspecified atom stereocenters. The number of aromatic nitrogens is 1. The van der Waals surface area contributed by atoms with Crippen LogP contribution in [0.2, 0.25) is 0 Å². The Kier molecular flexibility index (Phi) is 5.18. The number of hydrogen-bond donors (Lipinski definition) is 3. The highest BCUT2D eigenvalue weighted by molar-refractivity contribution is 7.20. The third-order valence-corrected chi connectivity index (χ3v) is 4.96. The molecule has 0 fully saturated rings. The summed E-state index contributed by atoms with van der Waals surface area (Å²) in [4.78, 5) is 26.7. The van der Waals surface area contributed by atoms with E-state index in [0.29, 0.717) is 35.5 Å². The van der Waals surface area contributed by atoms with Gasteiger partial charge < -0.3 is 10.4 Å². The molecule has 0 spiro atoms. The number of carbonyl (C=O) groups is 1. The van der Waals surface area contributed by atoms with E-state index in [9.17, 15) is 28.0 Å². The van der Waals surface area contributed by atoms with E-state index in [2.05, 4.69) is 10.3 Å². The van der Waals surface area contributed by atoms with E-state index in [1.54, 1.807) is 18.2 Å². The van der Waals surface area contributed by atoms with Crippen LogP contribution in [0.4, 0.5) is 18.9 Å². The Morgan fingerprint density at radius 1 is 1.25 bits per heavy atom. The van der Waals surface area contributed by atoms with Crippen LogP contribution in [-0.2, 0) is 12.6 Å². The summed E-state index contributed by atoms with van der Waals surface area (Å²) in [6.07, 6.45) is -4.42. The van der Waals surface area contributed by atoms with Gasteiger partial charge in [0.2, 0.25) is 0 Å². The SMILES string of the molecule is O=C(NCCc1ccccc1O)c1nc2cc(C(F)(F)F)cc([N+](=O)O)c2s1. The maximum absolute atomic E-state index is 13.0. The summed E-state index contributed by atoms with van der Waals surface area (Å²) < 4.78 is 38.8. The number of alkyl halides is 3. The number of benzene rings is 2. The minimum atomic E-state index is -4.75. The molecule has 3 N–H and O–H groups in total. The number of phenolic OH excluding ortho intramolecular Hbond substituents is 1. The second-order valence-electron chi connectivity index (χ2n) is 5.77. The molecule has 28 heavy (non-hydrogen) atoms. The predicted octanol–water partition coefficient (Wildman–Crippen LogP) is 3.79. The van der Waals surface area contributed by atoms with Gasteiger partial charge in [-0.05, 0) is 24.1 Å². The van der Waals surface area contributed by atoms with E-state index >= 15 is 0 Å². The third kappa shape index (κ3) is 4.03. The molecule has 11 heteroatoms. The Morgan fingerprint density at radius 3 is 2.61 bits per heavy atom. The Labute approximate surface area is 159 Å². The molecule has 0 aliphatic carbocycles. The summed E-state index contributed by atoms with van der Waals surface area (Å²) in [6, 6.07) is 7.78. The van der Waals surface area contributed by atoms with Gasteiger partial charge in [-0.2, -0.15) is 13.2 Å². The van der Waals surface area contributed by atoms with Crippen LogP contribution >= 0.6 is 11.3 Å². The highest BCUT2D eigenvalue weighted by Crippen LogP contribution is 2.38. The zero-order valence-corrected chi connectivity index (χ0v) is 14.8. The van der Waals surface area contributed by atoms with Gasteiger partial charge >= 0.3 is 11.9 Å². The van der Waals surface area contributed by atoms with Crippen molar-refractivity contribution in [2.75, 3.05) is 6.54 Å². The van der Waals surface area contributed by atoms with Gasteiger partial charge in [-0.3, -0.25) is 4.79 Å². The summed E-state index contributed by atoms with van der Waals surface area (Å²) in [7, 11) is 0. The Bertz CT molecular complexity index is 1070. The van der Waals surface area contributed by atoms with Crippen LogP contribution < -0.4 is 5.32 Å². The fraction of sp³-hybridized carbons (Fsp3) is 0.176. The number of rotatable bonds is 5. The molecule has 0 saturated heterocycles. The second kappa shape index (κ2) is 7.43. The van der Waals surface area contributed by atoms with Gasteiger partial charge in [0.25, 0.3) is 10.8 Å². The number of amides is 1. The number of carbonyl (C=O) groups excluding carboxylic acids is 1. The number of nitrogens with one attached hydrogen (secondary N) is 1. The largest absolute Gasteiger partial charge is 0.508 e. The summed E-state index contributed by atoms with van der Waals surface area (Å²) in [5.41, 5.74) is -1.42. The first-order valence-electron chi connectivity index (χ1n) is 7.90. The average Bonchev–Trinajstić information content (AvgIpc) is 3.05. The average molecular weight is 412 g/mol. The molecule has 1 amide bonds. The first-order valence-corrected chi connectivity index (χ1v) is 8.71. The van der Waals surface area contributed by atoms with Crippen molar-refractivity contribution < 1.29 is 33.2 Å². The van der Waals surface area contributed by atoms with E-state index in [4.69, 9.17) is 5.21 Å². The van der Waals surface area contributed by atoms with E-state index in [-0.39, 0.29) is 27.5 Å². The summed E-state index contributed by atoms with van der Waals surface area (Å²) in [5, 5.41) is 21.2. The first-order chi connectivity index (χ1) is 13.2. The van der Waals surface area contributed by atoms with Gasteiger partial charge in [-0.15, -0.1) is 11.3 Å². The van der Waals surface area contributed by atoms with Crippen molar-refractivity contribution in [2.45, 2.75) is 12.6 Å².